The molecule has 6 aliphatic heterocycles. The highest BCUT2D eigenvalue weighted by Crippen LogP contribution is 2.43. The van der Waals surface area contributed by atoms with Crippen LogP contribution in [0.2, 0.25) is 0 Å². The molecule has 6 saturated heterocycles. The lowest BCUT2D eigenvalue weighted by Gasteiger charge is -2.46. The Morgan fingerprint density at radius 2 is 1.32 bits per heavy atom. The lowest BCUT2D eigenvalue weighted by molar-refractivity contribution is -0.149. The van der Waals surface area contributed by atoms with Crippen LogP contribution >= 0.6 is 22.7 Å². The van der Waals surface area contributed by atoms with Gasteiger partial charge < -0.3 is 30.6 Å². The zero-order valence-electron chi connectivity index (χ0n) is 25.7. The van der Waals surface area contributed by atoms with Gasteiger partial charge in [0.15, 0.2) is 11.2 Å². The van der Waals surface area contributed by atoms with Gasteiger partial charge in [-0.05, 0) is 99.4 Å². The van der Waals surface area contributed by atoms with Gasteiger partial charge in [0.1, 0.15) is 0 Å². The maximum absolute atomic E-state index is 13.1. The third kappa shape index (κ3) is 6.44. The molecular weight excluding hydrogens is 593 g/mol. The fourth-order valence-electron chi connectivity index (χ4n) is 8.19. The quantitative estimate of drug-likeness (QED) is 0.309. The van der Waals surface area contributed by atoms with Gasteiger partial charge in [-0.2, -0.15) is 0 Å². The Hall–Kier alpha value is -2.08. The van der Waals surface area contributed by atoms with Crippen molar-refractivity contribution in [1.82, 2.24) is 20.4 Å². The highest BCUT2D eigenvalue weighted by Gasteiger charge is 2.49. The number of aliphatic hydroxyl groups is 2. The monoisotopic (exact) mass is 640 g/mol. The van der Waals surface area contributed by atoms with Crippen LogP contribution in [-0.2, 0) is 20.8 Å². The fraction of sp³-hybridized carbons (Fsp3) is 0.647. The van der Waals surface area contributed by atoms with E-state index in [2.05, 4.69) is 27.0 Å². The van der Waals surface area contributed by atoms with E-state index in [9.17, 15) is 19.8 Å². The van der Waals surface area contributed by atoms with Crippen LogP contribution in [0.15, 0.2) is 47.7 Å². The molecule has 1 aliphatic carbocycles. The fourth-order valence-corrected chi connectivity index (χ4v) is 9.92. The first kappa shape index (κ1) is 31.9. The maximum atomic E-state index is 13.1. The SMILES string of the molecule is C=CCC(O)(C(=O)N[C@H]1CN2CCC1CC2)c1cccs1.O=C(N[C@H]1CN2CCC1CC2)C(O)(c1cccs1)C1CCCC1. The minimum atomic E-state index is -1.48. The molecule has 8 nitrogen and oxygen atoms in total. The van der Waals surface area contributed by atoms with Crippen LogP contribution in [0.4, 0.5) is 0 Å². The minimum absolute atomic E-state index is 0.0576. The zero-order valence-corrected chi connectivity index (χ0v) is 27.3. The Morgan fingerprint density at radius 1 is 0.818 bits per heavy atom. The van der Waals surface area contributed by atoms with Crippen LogP contribution in [0.5, 0.6) is 0 Å². The molecule has 44 heavy (non-hydrogen) atoms. The first-order valence-corrected chi connectivity index (χ1v) is 18.3. The normalized spacial score (nSPS) is 32.1. The standard InChI is InChI=1S/C18H26N2O2S.C16H22N2O2S/c21-17(19-15-12-20-9-7-13(15)8-10-20)18(22,14-4-1-2-5-14)16-6-3-11-23-16;1-2-7-16(20,14-4-3-10-21-14)15(19)17-13-11-18-8-5-12(13)6-9-18/h3,6,11,13-15,22H,1-2,4-5,7-10,12H2,(H,19,21);2-4,10,12-13,20H,1,5-9,11H2,(H,17,19)/t15-,18?;13-,16?/m00/s1. The van der Waals surface area contributed by atoms with Gasteiger partial charge in [-0.1, -0.05) is 31.1 Å². The molecule has 7 fully saturated rings. The van der Waals surface area contributed by atoms with Crippen LogP contribution in [0.1, 0.15) is 67.5 Å². The molecule has 7 aliphatic rings. The highest BCUT2D eigenvalue weighted by molar-refractivity contribution is 7.10. The van der Waals surface area contributed by atoms with Crippen molar-refractivity contribution in [2.45, 2.75) is 81.1 Å². The summed E-state index contributed by atoms with van der Waals surface area (Å²) in [6.07, 6.45) is 10.6. The molecule has 1 saturated carbocycles. The molecule has 0 aromatic carbocycles. The van der Waals surface area contributed by atoms with Gasteiger partial charge in [0, 0.05) is 47.3 Å². The lowest BCUT2D eigenvalue weighted by Crippen LogP contribution is -2.60. The molecule has 0 spiro atoms. The van der Waals surface area contributed by atoms with Crippen LogP contribution < -0.4 is 10.6 Å². The van der Waals surface area contributed by atoms with E-state index in [0.29, 0.717) is 16.7 Å². The minimum Gasteiger partial charge on any atom is -0.374 e. The Balaban J connectivity index is 0.000000157. The smallest absolute Gasteiger partial charge is 0.258 e. The number of rotatable bonds is 9. The second-order valence-electron chi connectivity index (χ2n) is 13.5. The van der Waals surface area contributed by atoms with Crippen LogP contribution in [0.3, 0.4) is 0 Å². The van der Waals surface area contributed by atoms with Crippen molar-refractivity contribution in [3.05, 3.63) is 57.4 Å². The Kier molecular flexibility index (Phi) is 9.95. The van der Waals surface area contributed by atoms with E-state index in [4.69, 9.17) is 0 Å². The Bertz CT molecular complexity index is 1250. The molecular formula is C34H48N4O4S2. The maximum Gasteiger partial charge on any atom is 0.258 e. The molecule has 0 radical (unpaired) electrons. The molecule has 2 amide bonds. The Morgan fingerprint density at radius 3 is 1.75 bits per heavy atom. The summed E-state index contributed by atoms with van der Waals surface area (Å²) in [5.41, 5.74) is -2.82. The number of nitrogens with zero attached hydrogens (tertiary/aromatic N) is 2. The highest BCUT2D eigenvalue weighted by atomic mass is 32.1. The first-order valence-electron chi connectivity index (χ1n) is 16.5. The summed E-state index contributed by atoms with van der Waals surface area (Å²) in [6.45, 7) is 10.1. The molecule has 2 unspecified atom stereocenters. The van der Waals surface area contributed by atoms with Crippen molar-refractivity contribution in [2.24, 2.45) is 17.8 Å². The predicted octanol–water partition coefficient (Wildman–Crippen LogP) is 4.06. The van der Waals surface area contributed by atoms with Crippen molar-refractivity contribution in [3.8, 4) is 0 Å². The van der Waals surface area contributed by atoms with Gasteiger partial charge >= 0.3 is 0 Å². The predicted molar refractivity (Wildman–Crippen MR) is 175 cm³/mol. The molecule has 10 heteroatoms. The number of nitrogens with one attached hydrogen (secondary N) is 2. The number of piperidine rings is 6. The zero-order chi connectivity index (χ0) is 30.7. The third-order valence-electron chi connectivity index (χ3n) is 10.9. The summed E-state index contributed by atoms with van der Waals surface area (Å²) in [5.74, 6) is 0.742. The molecule has 8 heterocycles. The van der Waals surface area contributed by atoms with Crippen molar-refractivity contribution < 1.29 is 19.8 Å². The summed E-state index contributed by atoms with van der Waals surface area (Å²) >= 11 is 2.91. The first-order chi connectivity index (χ1) is 21.3. The van der Waals surface area contributed by atoms with Gasteiger partial charge in [-0.3, -0.25) is 9.59 Å². The molecule has 4 N–H and O–H groups in total. The molecule has 2 aromatic rings. The van der Waals surface area contributed by atoms with E-state index in [1.807, 2.05) is 35.0 Å². The number of carbonyl (C=O) groups is 2. The van der Waals surface area contributed by atoms with E-state index in [0.717, 1.165) is 82.7 Å². The van der Waals surface area contributed by atoms with Crippen LogP contribution in [0, 0.1) is 17.8 Å². The number of carbonyl (C=O) groups excluding carboxylic acids is 2. The van der Waals surface area contributed by atoms with Gasteiger partial charge in [-0.25, -0.2) is 0 Å². The van der Waals surface area contributed by atoms with Gasteiger partial charge in [-0.15, -0.1) is 29.3 Å². The van der Waals surface area contributed by atoms with Gasteiger partial charge in [0.25, 0.3) is 11.8 Å². The summed E-state index contributed by atoms with van der Waals surface area (Å²) in [4.78, 5) is 32.1. The topological polar surface area (TPSA) is 105 Å². The number of hydrogen-bond donors (Lipinski definition) is 4. The Labute approximate surface area is 269 Å². The second-order valence-corrected chi connectivity index (χ2v) is 15.4. The second kappa shape index (κ2) is 13.7. The summed E-state index contributed by atoms with van der Waals surface area (Å²) in [6, 6.07) is 7.88. The average molecular weight is 641 g/mol. The number of fused-ring (bicyclic) bond motifs is 6. The average Bonchev–Trinajstić information content (AvgIpc) is 3.87. The molecule has 2 aromatic heterocycles. The van der Waals surface area contributed by atoms with Crippen LogP contribution in [0.25, 0.3) is 0 Å². The number of thiophene rings is 2. The van der Waals surface area contributed by atoms with Crippen molar-refractivity contribution >= 4 is 34.5 Å². The van der Waals surface area contributed by atoms with Gasteiger partial charge in [0.05, 0.1) is 0 Å². The van der Waals surface area contributed by atoms with Crippen molar-refractivity contribution in [3.63, 3.8) is 0 Å². The molecule has 4 bridgehead atoms. The lowest BCUT2D eigenvalue weighted by atomic mass is 9.81. The third-order valence-corrected chi connectivity index (χ3v) is 12.9. The van der Waals surface area contributed by atoms with Crippen LogP contribution in [-0.4, -0.2) is 83.2 Å². The van der Waals surface area contributed by atoms with E-state index < -0.39 is 11.2 Å². The summed E-state index contributed by atoms with van der Waals surface area (Å²) in [5, 5.41) is 32.4. The molecule has 4 atom stereocenters. The van der Waals surface area contributed by atoms with E-state index in [1.165, 1.54) is 35.5 Å². The van der Waals surface area contributed by atoms with E-state index >= 15 is 0 Å². The van der Waals surface area contributed by atoms with E-state index in [1.54, 1.807) is 6.08 Å². The van der Waals surface area contributed by atoms with E-state index in [-0.39, 0.29) is 36.2 Å². The molecule has 9 rings (SSSR count). The summed E-state index contributed by atoms with van der Waals surface area (Å²) < 4.78 is 0. The number of hydrogen-bond acceptors (Lipinski definition) is 8. The van der Waals surface area contributed by atoms with Crippen molar-refractivity contribution in [2.75, 3.05) is 39.3 Å². The van der Waals surface area contributed by atoms with Crippen molar-refractivity contribution in [1.29, 1.82) is 0 Å². The molecule has 240 valence electrons. The summed E-state index contributed by atoms with van der Waals surface area (Å²) in [7, 11) is 0. The largest absolute Gasteiger partial charge is 0.374 e. The van der Waals surface area contributed by atoms with Gasteiger partial charge in [0.2, 0.25) is 0 Å². The number of amides is 2.